The fourth-order valence-electron chi connectivity index (χ4n) is 1.73. The molecule has 1 rings (SSSR count). The van der Waals surface area contributed by atoms with Gasteiger partial charge < -0.3 is 5.73 Å². The lowest BCUT2D eigenvalue weighted by atomic mass is 10.3. The number of nitrogen functional groups attached to an aromatic ring is 1. The fraction of sp³-hybridized carbons (Fsp3) is 0.500. The van der Waals surface area contributed by atoms with Gasteiger partial charge in [-0.25, -0.2) is 8.42 Å². The lowest BCUT2D eigenvalue weighted by Gasteiger charge is -2.22. The van der Waals surface area contributed by atoms with Gasteiger partial charge in [0.2, 0.25) is 10.0 Å². The zero-order chi connectivity index (χ0) is 14.6. The molecule has 108 valence electrons. The summed E-state index contributed by atoms with van der Waals surface area (Å²) < 4.78 is 26.5. The number of nitrogens with zero attached hydrogens (tertiary/aromatic N) is 1. The Balaban J connectivity index is 3.28. The highest BCUT2D eigenvalue weighted by molar-refractivity contribution is 7.89. The van der Waals surface area contributed by atoms with E-state index in [4.69, 9.17) is 28.9 Å². The van der Waals surface area contributed by atoms with Gasteiger partial charge in [0.1, 0.15) is 4.90 Å². The number of hydrogen-bond donors (Lipinski definition) is 1. The van der Waals surface area contributed by atoms with E-state index in [1.807, 2.05) is 13.8 Å². The van der Waals surface area contributed by atoms with Crippen molar-refractivity contribution in [2.75, 3.05) is 18.8 Å². The van der Waals surface area contributed by atoms with Crippen molar-refractivity contribution >= 4 is 38.9 Å². The first-order valence-corrected chi connectivity index (χ1v) is 8.28. The summed E-state index contributed by atoms with van der Waals surface area (Å²) in [4.78, 5) is 0.00951. The van der Waals surface area contributed by atoms with Crippen molar-refractivity contribution in [2.45, 2.75) is 31.6 Å². The number of sulfonamides is 1. The van der Waals surface area contributed by atoms with Gasteiger partial charge >= 0.3 is 0 Å². The third-order valence-corrected chi connectivity index (χ3v) is 5.31. The zero-order valence-electron chi connectivity index (χ0n) is 11.0. The molecule has 0 fully saturated rings. The molecular weight excluding hydrogens is 307 g/mol. The van der Waals surface area contributed by atoms with Gasteiger partial charge in [-0.3, -0.25) is 0 Å². The summed E-state index contributed by atoms with van der Waals surface area (Å²) in [6.45, 7) is 4.76. The number of halogens is 2. The Morgan fingerprint density at radius 2 is 1.63 bits per heavy atom. The molecule has 0 aliphatic heterocycles. The smallest absolute Gasteiger partial charge is 0.244 e. The van der Waals surface area contributed by atoms with Gasteiger partial charge in [0.05, 0.1) is 15.7 Å². The summed E-state index contributed by atoms with van der Waals surface area (Å²) in [5, 5.41) is 0.287. The Morgan fingerprint density at radius 3 is 2.11 bits per heavy atom. The summed E-state index contributed by atoms with van der Waals surface area (Å²) >= 11 is 11.9. The van der Waals surface area contributed by atoms with E-state index in [2.05, 4.69) is 0 Å². The summed E-state index contributed by atoms with van der Waals surface area (Å²) in [6.07, 6.45) is 1.47. The van der Waals surface area contributed by atoms with Crippen LogP contribution in [0.1, 0.15) is 26.7 Å². The van der Waals surface area contributed by atoms with Crippen molar-refractivity contribution in [3.63, 3.8) is 0 Å². The molecule has 2 N–H and O–H groups in total. The van der Waals surface area contributed by atoms with Gasteiger partial charge in [0.15, 0.2) is 0 Å². The van der Waals surface area contributed by atoms with Crippen LogP contribution in [-0.4, -0.2) is 25.8 Å². The molecule has 7 heteroatoms. The van der Waals surface area contributed by atoms with E-state index in [9.17, 15) is 8.42 Å². The minimum atomic E-state index is -3.63. The Morgan fingerprint density at radius 1 is 1.11 bits per heavy atom. The maximum atomic E-state index is 12.5. The number of anilines is 1. The average molecular weight is 325 g/mol. The molecule has 0 aromatic heterocycles. The number of nitrogens with two attached hydrogens (primary N) is 1. The second-order valence-electron chi connectivity index (χ2n) is 4.21. The molecule has 1 aromatic carbocycles. The van der Waals surface area contributed by atoms with Crippen LogP contribution in [0.3, 0.4) is 0 Å². The van der Waals surface area contributed by atoms with Crippen molar-refractivity contribution in [1.82, 2.24) is 4.31 Å². The predicted molar refractivity (Wildman–Crippen MR) is 80.2 cm³/mol. The predicted octanol–water partition coefficient (Wildman–Crippen LogP) is 3.39. The number of hydrogen-bond acceptors (Lipinski definition) is 3. The lowest BCUT2D eigenvalue weighted by molar-refractivity contribution is 0.410. The molecule has 0 amide bonds. The van der Waals surface area contributed by atoms with E-state index >= 15 is 0 Å². The Labute approximate surface area is 124 Å². The van der Waals surface area contributed by atoms with E-state index in [1.165, 1.54) is 16.4 Å². The molecule has 0 saturated heterocycles. The molecule has 0 bridgehead atoms. The first kappa shape index (κ1) is 16.6. The molecule has 0 spiro atoms. The maximum Gasteiger partial charge on any atom is 0.244 e. The van der Waals surface area contributed by atoms with Gasteiger partial charge in [-0.15, -0.1) is 0 Å². The molecule has 0 atom stereocenters. The van der Waals surface area contributed by atoms with Gasteiger partial charge in [-0.1, -0.05) is 37.0 Å². The van der Waals surface area contributed by atoms with Crippen LogP contribution in [0, 0.1) is 0 Å². The van der Waals surface area contributed by atoms with E-state index < -0.39 is 10.0 Å². The minimum absolute atomic E-state index is 0.00951. The molecule has 19 heavy (non-hydrogen) atoms. The summed E-state index contributed by atoms with van der Waals surface area (Å²) in [6, 6.07) is 2.68. The first-order valence-electron chi connectivity index (χ1n) is 6.09. The van der Waals surface area contributed by atoms with Crippen LogP contribution >= 0.6 is 23.2 Å². The van der Waals surface area contributed by atoms with E-state index in [0.29, 0.717) is 13.1 Å². The molecule has 1 aromatic rings. The van der Waals surface area contributed by atoms with Crippen molar-refractivity contribution < 1.29 is 8.42 Å². The molecule has 0 aliphatic rings. The third kappa shape index (κ3) is 3.75. The summed E-state index contributed by atoms with van der Waals surface area (Å²) in [5.74, 6) is 0. The maximum absolute atomic E-state index is 12.5. The zero-order valence-corrected chi connectivity index (χ0v) is 13.3. The van der Waals surface area contributed by atoms with Gasteiger partial charge in [0, 0.05) is 13.1 Å². The van der Waals surface area contributed by atoms with Crippen LogP contribution in [0.25, 0.3) is 0 Å². The standard InChI is InChI=1S/C12H18Cl2N2O2S/c1-3-5-16(6-4-2)19(17,18)12-8-9(13)11(15)7-10(12)14/h7-8H,3-6,15H2,1-2H3. The Kier molecular flexibility index (Phi) is 5.92. The topological polar surface area (TPSA) is 63.4 Å². The van der Waals surface area contributed by atoms with Crippen LogP contribution in [0.15, 0.2) is 17.0 Å². The molecule has 0 unspecified atom stereocenters. The molecule has 0 aliphatic carbocycles. The normalized spacial score (nSPS) is 12.1. The van der Waals surface area contributed by atoms with Crippen molar-refractivity contribution in [2.24, 2.45) is 0 Å². The summed E-state index contributed by atoms with van der Waals surface area (Å²) in [7, 11) is -3.63. The highest BCUT2D eigenvalue weighted by Crippen LogP contribution is 2.32. The molecule has 0 heterocycles. The molecule has 0 radical (unpaired) electrons. The first-order chi connectivity index (χ1) is 8.84. The quantitative estimate of drug-likeness (QED) is 0.816. The van der Waals surface area contributed by atoms with E-state index in [0.717, 1.165) is 12.8 Å². The Bertz CT molecular complexity index is 541. The van der Waals surface area contributed by atoms with Crippen LogP contribution < -0.4 is 5.73 Å². The van der Waals surface area contributed by atoms with E-state index in [-0.39, 0.29) is 20.6 Å². The van der Waals surface area contributed by atoms with Crippen LogP contribution in [0.5, 0.6) is 0 Å². The number of rotatable bonds is 6. The average Bonchev–Trinajstić information content (AvgIpc) is 2.33. The fourth-order valence-corrected chi connectivity index (χ4v) is 4.12. The van der Waals surface area contributed by atoms with Gasteiger partial charge in [-0.05, 0) is 25.0 Å². The lowest BCUT2D eigenvalue weighted by Crippen LogP contribution is -2.32. The van der Waals surface area contributed by atoms with Crippen LogP contribution in [-0.2, 0) is 10.0 Å². The van der Waals surface area contributed by atoms with Gasteiger partial charge in [-0.2, -0.15) is 4.31 Å². The highest BCUT2D eigenvalue weighted by Gasteiger charge is 2.26. The molecular formula is C12H18Cl2N2O2S. The second-order valence-corrected chi connectivity index (χ2v) is 6.93. The van der Waals surface area contributed by atoms with E-state index in [1.54, 1.807) is 0 Å². The highest BCUT2D eigenvalue weighted by atomic mass is 35.5. The largest absolute Gasteiger partial charge is 0.397 e. The third-order valence-electron chi connectivity index (χ3n) is 2.62. The molecule has 4 nitrogen and oxygen atoms in total. The Hall–Kier alpha value is -0.490. The van der Waals surface area contributed by atoms with Crippen molar-refractivity contribution in [3.05, 3.63) is 22.2 Å². The summed E-state index contributed by atoms with van der Waals surface area (Å²) in [5.41, 5.74) is 5.87. The van der Waals surface area contributed by atoms with Gasteiger partial charge in [0.25, 0.3) is 0 Å². The van der Waals surface area contributed by atoms with Crippen LogP contribution in [0.4, 0.5) is 5.69 Å². The monoisotopic (exact) mass is 324 g/mol. The SMILES string of the molecule is CCCN(CCC)S(=O)(=O)c1cc(Cl)c(N)cc1Cl. The second kappa shape index (κ2) is 6.79. The van der Waals surface area contributed by atoms with Crippen molar-refractivity contribution in [1.29, 1.82) is 0 Å². The minimum Gasteiger partial charge on any atom is -0.397 e. The van der Waals surface area contributed by atoms with Crippen LogP contribution in [0.2, 0.25) is 10.0 Å². The van der Waals surface area contributed by atoms with Crippen molar-refractivity contribution in [3.8, 4) is 0 Å². The molecule has 0 saturated carbocycles. The number of benzene rings is 1.